The minimum Gasteiger partial charge on any atom is -0.394 e. The van der Waals surface area contributed by atoms with Crippen molar-refractivity contribution in [2.75, 3.05) is 37.4 Å². The summed E-state index contributed by atoms with van der Waals surface area (Å²) in [4.78, 5) is 35.8. The summed E-state index contributed by atoms with van der Waals surface area (Å²) >= 11 is 0. The number of anilines is 2. The number of rotatable bonds is 10. The van der Waals surface area contributed by atoms with E-state index in [1.807, 2.05) is 18.2 Å². The molecule has 0 aliphatic carbocycles. The lowest BCUT2D eigenvalue weighted by Crippen LogP contribution is -2.33. The highest BCUT2D eigenvalue weighted by atomic mass is 16.6. The van der Waals surface area contributed by atoms with Crippen molar-refractivity contribution < 1.29 is 24.9 Å². The predicted molar refractivity (Wildman–Crippen MR) is 127 cm³/mol. The Morgan fingerprint density at radius 1 is 1.20 bits per heavy atom. The smallest absolute Gasteiger partial charge is 0.280 e. The Balaban J connectivity index is 1.33. The minimum atomic E-state index is -1.32. The molecular weight excluding hydrogens is 458 g/mol. The summed E-state index contributed by atoms with van der Waals surface area (Å²) in [6.45, 7) is 0.504. The number of aliphatic hydroxyl groups is 3. The fourth-order valence-corrected chi connectivity index (χ4v) is 3.96. The monoisotopic (exact) mass is 487 g/mol. The van der Waals surface area contributed by atoms with Crippen LogP contribution in [0.15, 0.2) is 35.4 Å². The summed E-state index contributed by atoms with van der Waals surface area (Å²) in [5, 5.41) is 38.6. The number of benzene rings is 1. The van der Waals surface area contributed by atoms with E-state index in [9.17, 15) is 24.9 Å². The van der Waals surface area contributed by atoms with Crippen LogP contribution in [0.3, 0.4) is 0 Å². The lowest BCUT2D eigenvalue weighted by Gasteiger charge is -2.16. The second-order valence-electron chi connectivity index (χ2n) is 8.15. The molecule has 1 saturated heterocycles. The maximum absolute atomic E-state index is 12.4. The molecule has 1 aliphatic rings. The number of aromatic nitrogens is 4. The average Bonchev–Trinajstić information content (AvgIpc) is 3.41. The maximum Gasteiger partial charge on any atom is 0.280 e. The molecular formula is C22H29N7O6. The van der Waals surface area contributed by atoms with E-state index in [4.69, 9.17) is 4.74 Å². The van der Waals surface area contributed by atoms with E-state index in [-0.39, 0.29) is 23.0 Å². The van der Waals surface area contributed by atoms with Gasteiger partial charge in [-0.1, -0.05) is 12.1 Å². The molecule has 0 saturated carbocycles. The highest BCUT2D eigenvalue weighted by Gasteiger charge is 2.44. The van der Waals surface area contributed by atoms with Crippen molar-refractivity contribution in [3.63, 3.8) is 0 Å². The number of amides is 1. The van der Waals surface area contributed by atoms with Gasteiger partial charge in [0.15, 0.2) is 17.4 Å². The normalized spacial score (nSPS) is 21.8. The summed E-state index contributed by atoms with van der Waals surface area (Å²) in [6, 6.07) is 7.26. The van der Waals surface area contributed by atoms with Gasteiger partial charge in [0.2, 0.25) is 5.95 Å². The Morgan fingerprint density at radius 3 is 2.71 bits per heavy atom. The second-order valence-corrected chi connectivity index (χ2v) is 8.15. The molecule has 0 spiro atoms. The number of carbonyl (C=O) groups is 1. The van der Waals surface area contributed by atoms with E-state index < -0.39 is 36.7 Å². The van der Waals surface area contributed by atoms with E-state index in [1.165, 1.54) is 10.9 Å². The summed E-state index contributed by atoms with van der Waals surface area (Å²) < 4.78 is 6.88. The van der Waals surface area contributed by atoms with Crippen LogP contribution in [0.25, 0.3) is 11.2 Å². The maximum atomic E-state index is 12.4. The lowest BCUT2D eigenvalue weighted by molar-refractivity contribution is -0.0511. The molecule has 35 heavy (non-hydrogen) atoms. The van der Waals surface area contributed by atoms with Gasteiger partial charge in [0.1, 0.15) is 18.3 Å². The Kier molecular flexibility index (Phi) is 7.60. The Morgan fingerprint density at radius 2 is 1.97 bits per heavy atom. The molecule has 1 amide bonds. The van der Waals surface area contributed by atoms with Gasteiger partial charge in [0.05, 0.1) is 18.5 Å². The van der Waals surface area contributed by atoms with Crippen LogP contribution in [-0.4, -0.2) is 85.8 Å². The molecule has 1 aromatic carbocycles. The van der Waals surface area contributed by atoms with Gasteiger partial charge in [-0.2, -0.15) is 4.98 Å². The molecule has 0 radical (unpaired) electrons. The van der Waals surface area contributed by atoms with Crippen molar-refractivity contribution in [2.24, 2.45) is 0 Å². The number of hydrogen-bond acceptors (Lipinski definition) is 10. The first kappa shape index (κ1) is 24.6. The summed E-state index contributed by atoms with van der Waals surface area (Å²) in [5.41, 5.74) is 1.08. The van der Waals surface area contributed by atoms with Crippen LogP contribution in [0.1, 0.15) is 29.4 Å². The fourth-order valence-electron chi connectivity index (χ4n) is 3.96. The summed E-state index contributed by atoms with van der Waals surface area (Å²) in [7, 11) is 1.76. The first-order chi connectivity index (χ1) is 16.9. The number of unbranched alkanes of at least 4 members (excludes halogenated alkanes) is 1. The molecule has 1 aliphatic heterocycles. The van der Waals surface area contributed by atoms with Crippen molar-refractivity contribution in [2.45, 2.75) is 37.4 Å². The van der Waals surface area contributed by atoms with Gasteiger partial charge < -0.3 is 36.0 Å². The molecule has 13 nitrogen and oxygen atoms in total. The quantitative estimate of drug-likeness (QED) is 0.182. The number of para-hydroxylation sites is 1. The topological polar surface area (TPSA) is 187 Å². The number of ether oxygens (including phenoxy) is 1. The zero-order valence-electron chi connectivity index (χ0n) is 19.1. The van der Waals surface area contributed by atoms with Gasteiger partial charge in [0, 0.05) is 25.8 Å². The highest BCUT2D eigenvalue weighted by Crippen LogP contribution is 2.30. The van der Waals surface area contributed by atoms with Gasteiger partial charge >= 0.3 is 0 Å². The fraction of sp³-hybridized carbons (Fsp3) is 0.455. The van der Waals surface area contributed by atoms with E-state index >= 15 is 0 Å². The van der Waals surface area contributed by atoms with Crippen LogP contribution < -0.4 is 21.5 Å². The number of aliphatic hydroxyl groups excluding tert-OH is 3. The molecule has 13 heteroatoms. The number of imidazole rings is 1. The standard InChI is InChI=1S/C22H29N7O6/c1-23-13-7-3-2-6-12(13)19(33)24-8-4-5-9-25-22-27-18-15(20(34)28-22)26-11-29(18)21-17(32)16(31)14(10-30)35-21/h2-3,6-7,11,14,16-17,21,23,30-32H,4-5,8-10H2,1H3,(H,24,33)(H2,25,27,28,34)/t14-,16-,17-,21-/m1/s1. The Bertz CT molecular complexity index is 1230. The van der Waals surface area contributed by atoms with Gasteiger partial charge in [0.25, 0.3) is 11.5 Å². The van der Waals surface area contributed by atoms with Crippen LogP contribution in [0, 0.1) is 0 Å². The van der Waals surface area contributed by atoms with Crippen molar-refractivity contribution in [1.29, 1.82) is 0 Å². The predicted octanol–water partition coefficient (Wildman–Crippen LogP) is -0.605. The third-order valence-electron chi connectivity index (χ3n) is 5.85. The van der Waals surface area contributed by atoms with Crippen LogP contribution in [-0.2, 0) is 4.74 Å². The number of nitrogens with zero attached hydrogens (tertiary/aromatic N) is 3. The number of nitrogens with one attached hydrogen (secondary N) is 4. The Hall–Kier alpha value is -3.52. The molecule has 2 aromatic heterocycles. The number of aromatic amines is 1. The zero-order chi connectivity index (χ0) is 24.9. The van der Waals surface area contributed by atoms with Crippen molar-refractivity contribution in [3.8, 4) is 0 Å². The second kappa shape index (κ2) is 10.8. The third-order valence-corrected chi connectivity index (χ3v) is 5.85. The summed E-state index contributed by atoms with van der Waals surface area (Å²) in [6.07, 6.45) is -1.92. The first-order valence-corrected chi connectivity index (χ1v) is 11.3. The average molecular weight is 488 g/mol. The first-order valence-electron chi connectivity index (χ1n) is 11.3. The number of H-pyrrole nitrogens is 1. The lowest BCUT2D eigenvalue weighted by atomic mass is 10.1. The molecule has 1 fully saturated rings. The van der Waals surface area contributed by atoms with Gasteiger partial charge in [-0.15, -0.1) is 0 Å². The molecule has 0 bridgehead atoms. The van der Waals surface area contributed by atoms with Crippen molar-refractivity contribution in [3.05, 3.63) is 46.5 Å². The molecule has 188 valence electrons. The molecule has 7 N–H and O–H groups in total. The zero-order valence-corrected chi connectivity index (χ0v) is 19.1. The van der Waals surface area contributed by atoms with Crippen LogP contribution in [0.5, 0.6) is 0 Å². The molecule has 3 aromatic rings. The summed E-state index contributed by atoms with van der Waals surface area (Å²) in [5.74, 6) is 0.0560. The third kappa shape index (κ3) is 5.12. The van der Waals surface area contributed by atoms with E-state index in [1.54, 1.807) is 13.1 Å². The van der Waals surface area contributed by atoms with Gasteiger partial charge in [-0.25, -0.2) is 4.98 Å². The van der Waals surface area contributed by atoms with E-state index in [0.717, 1.165) is 5.69 Å². The number of hydrogen-bond donors (Lipinski definition) is 7. The number of fused-ring (bicyclic) bond motifs is 1. The SMILES string of the molecule is CNc1ccccc1C(=O)NCCCCNc1nc2c(ncn2[C@@H]2O[C@H](CO)[C@@H](O)[C@H]2O)c(=O)[nH]1. The van der Waals surface area contributed by atoms with Crippen LogP contribution >= 0.6 is 0 Å². The molecule has 4 atom stereocenters. The molecule has 0 unspecified atom stereocenters. The Labute approximate surface area is 200 Å². The minimum absolute atomic E-state index is 0.0536. The van der Waals surface area contributed by atoms with E-state index in [2.05, 4.69) is 30.9 Å². The van der Waals surface area contributed by atoms with Crippen molar-refractivity contribution >= 4 is 28.7 Å². The largest absolute Gasteiger partial charge is 0.394 e. The van der Waals surface area contributed by atoms with Crippen LogP contribution in [0.2, 0.25) is 0 Å². The number of carbonyl (C=O) groups excluding carboxylic acids is 1. The van der Waals surface area contributed by atoms with E-state index in [0.29, 0.717) is 31.5 Å². The van der Waals surface area contributed by atoms with Gasteiger partial charge in [-0.05, 0) is 25.0 Å². The molecule has 4 rings (SSSR count). The van der Waals surface area contributed by atoms with Crippen LogP contribution in [0.4, 0.5) is 11.6 Å². The highest BCUT2D eigenvalue weighted by molar-refractivity contribution is 5.99. The molecule has 3 heterocycles. The van der Waals surface area contributed by atoms with Crippen molar-refractivity contribution in [1.82, 2.24) is 24.8 Å². The van der Waals surface area contributed by atoms with Gasteiger partial charge in [-0.3, -0.25) is 19.1 Å².